The summed E-state index contributed by atoms with van der Waals surface area (Å²) < 4.78 is 0. The molecule has 1 unspecified atom stereocenters. The minimum Gasteiger partial charge on any atom is -0.316 e. The number of benzene rings is 1. The predicted octanol–water partition coefficient (Wildman–Crippen LogP) is 3.85. The molecule has 1 aliphatic heterocycles. The lowest BCUT2D eigenvalue weighted by atomic mass is 9.86. The summed E-state index contributed by atoms with van der Waals surface area (Å²) in [7, 11) is 0. The van der Waals surface area contributed by atoms with Crippen LogP contribution in [0.1, 0.15) is 51.2 Å². The predicted molar refractivity (Wildman–Crippen MR) is 91.6 cm³/mol. The van der Waals surface area contributed by atoms with Gasteiger partial charge in [-0.15, -0.1) is 0 Å². The Bertz CT molecular complexity index is 429. The van der Waals surface area contributed by atoms with Crippen molar-refractivity contribution >= 4 is 0 Å². The van der Waals surface area contributed by atoms with Crippen LogP contribution < -0.4 is 5.32 Å². The summed E-state index contributed by atoms with van der Waals surface area (Å²) in [5, 5.41) is 3.62. The summed E-state index contributed by atoms with van der Waals surface area (Å²) >= 11 is 0. The third-order valence-corrected chi connectivity index (χ3v) is 4.87. The molecule has 0 aromatic heterocycles. The largest absolute Gasteiger partial charge is 0.316 e. The summed E-state index contributed by atoms with van der Waals surface area (Å²) in [4.78, 5) is 2.67. The van der Waals surface area contributed by atoms with Crippen LogP contribution in [0.2, 0.25) is 0 Å². The highest BCUT2D eigenvalue weighted by atomic mass is 15.1. The van der Waals surface area contributed by atoms with Crippen molar-refractivity contribution < 1.29 is 0 Å². The van der Waals surface area contributed by atoms with Gasteiger partial charge >= 0.3 is 0 Å². The normalized spacial score (nSPS) is 18.8. The quantitative estimate of drug-likeness (QED) is 0.767. The summed E-state index contributed by atoms with van der Waals surface area (Å²) in [6.07, 6.45) is 4.99. The molecular weight excluding hydrogens is 256 g/mol. The molecule has 0 amide bonds. The maximum atomic E-state index is 3.62. The van der Waals surface area contributed by atoms with Crippen molar-refractivity contribution in [2.24, 2.45) is 5.41 Å². The number of nitrogens with zero attached hydrogens (tertiary/aromatic N) is 1. The van der Waals surface area contributed by atoms with Crippen LogP contribution in [0.15, 0.2) is 24.3 Å². The minimum atomic E-state index is 0.383. The van der Waals surface area contributed by atoms with Gasteiger partial charge in [0.2, 0.25) is 0 Å². The summed E-state index contributed by atoms with van der Waals surface area (Å²) in [5.41, 5.74) is 3.48. The lowest BCUT2D eigenvalue weighted by molar-refractivity contribution is 0.150. The Balaban J connectivity index is 1.97. The Morgan fingerprint density at radius 3 is 2.67 bits per heavy atom. The van der Waals surface area contributed by atoms with Gasteiger partial charge in [-0.2, -0.15) is 0 Å². The van der Waals surface area contributed by atoms with Crippen LogP contribution in [-0.4, -0.2) is 31.1 Å². The zero-order valence-corrected chi connectivity index (χ0v) is 14.1. The van der Waals surface area contributed by atoms with Crippen molar-refractivity contribution in [3.8, 4) is 0 Å². The first kappa shape index (κ1) is 16.5. The average molecular weight is 288 g/mol. The molecule has 118 valence electrons. The van der Waals surface area contributed by atoms with Gasteiger partial charge in [-0.3, -0.25) is 4.90 Å². The van der Waals surface area contributed by atoms with Gasteiger partial charge in [-0.1, -0.05) is 45.0 Å². The zero-order chi connectivity index (χ0) is 15.1. The van der Waals surface area contributed by atoms with Gasteiger partial charge in [0.05, 0.1) is 0 Å². The highest BCUT2D eigenvalue weighted by Gasteiger charge is 2.26. The molecule has 0 radical (unpaired) electrons. The molecule has 2 nitrogen and oxygen atoms in total. The van der Waals surface area contributed by atoms with E-state index >= 15 is 0 Å². The van der Waals surface area contributed by atoms with Crippen LogP contribution in [0.5, 0.6) is 0 Å². The Morgan fingerprint density at radius 2 is 1.95 bits per heavy atom. The molecule has 21 heavy (non-hydrogen) atoms. The first-order chi connectivity index (χ1) is 10.2. The van der Waals surface area contributed by atoms with Crippen LogP contribution in [0, 0.1) is 5.41 Å². The first-order valence-electron chi connectivity index (χ1n) is 8.67. The second-order valence-corrected chi connectivity index (χ2v) is 6.92. The van der Waals surface area contributed by atoms with Crippen LogP contribution in [0.3, 0.4) is 0 Å². The summed E-state index contributed by atoms with van der Waals surface area (Å²) in [6, 6.07) is 8.98. The van der Waals surface area contributed by atoms with Crippen molar-refractivity contribution in [2.75, 3.05) is 26.2 Å². The van der Waals surface area contributed by atoms with Crippen molar-refractivity contribution in [3.05, 3.63) is 35.4 Å². The fourth-order valence-electron chi connectivity index (χ4n) is 3.30. The highest BCUT2D eigenvalue weighted by molar-refractivity contribution is 5.28. The molecule has 1 aromatic rings. The van der Waals surface area contributed by atoms with E-state index in [1.54, 1.807) is 5.56 Å². The molecule has 1 N–H and O–H groups in total. The van der Waals surface area contributed by atoms with Crippen molar-refractivity contribution in [1.82, 2.24) is 10.2 Å². The third kappa shape index (κ3) is 4.82. The van der Waals surface area contributed by atoms with Gasteiger partial charge in [0.1, 0.15) is 0 Å². The molecule has 1 aromatic carbocycles. The van der Waals surface area contributed by atoms with Crippen LogP contribution in [0.4, 0.5) is 0 Å². The first-order valence-corrected chi connectivity index (χ1v) is 8.67. The molecule has 0 fully saturated rings. The third-order valence-electron chi connectivity index (χ3n) is 4.87. The second kappa shape index (κ2) is 7.95. The van der Waals surface area contributed by atoms with E-state index in [-0.39, 0.29) is 0 Å². The van der Waals surface area contributed by atoms with E-state index in [4.69, 9.17) is 0 Å². The fourth-order valence-corrected chi connectivity index (χ4v) is 3.30. The maximum absolute atomic E-state index is 3.62. The van der Waals surface area contributed by atoms with Gasteiger partial charge in [0.25, 0.3) is 0 Å². The van der Waals surface area contributed by atoms with E-state index in [0.717, 1.165) is 19.6 Å². The number of fused-ring (bicyclic) bond motifs is 1. The Kier molecular flexibility index (Phi) is 6.25. The molecule has 0 bridgehead atoms. The van der Waals surface area contributed by atoms with E-state index < -0.39 is 0 Å². The van der Waals surface area contributed by atoms with Crippen LogP contribution in [0.25, 0.3) is 0 Å². The Morgan fingerprint density at radius 1 is 1.19 bits per heavy atom. The number of hydrogen-bond acceptors (Lipinski definition) is 2. The van der Waals surface area contributed by atoms with Crippen LogP contribution >= 0.6 is 0 Å². The van der Waals surface area contributed by atoms with Gasteiger partial charge in [0.15, 0.2) is 0 Å². The van der Waals surface area contributed by atoms with Gasteiger partial charge in [-0.05, 0) is 55.3 Å². The molecule has 0 saturated carbocycles. The topological polar surface area (TPSA) is 15.3 Å². The molecule has 2 rings (SSSR count). The molecule has 1 aliphatic rings. The van der Waals surface area contributed by atoms with Gasteiger partial charge in [0, 0.05) is 19.6 Å². The average Bonchev–Trinajstić information content (AvgIpc) is 2.69. The molecule has 1 atom stereocenters. The Labute approximate surface area is 130 Å². The number of hydrogen-bond donors (Lipinski definition) is 1. The standard InChI is InChI=1S/C19H32N2/c1-4-12-20-15-19(3,5-2)16-21-13-8-11-17-9-6-7-10-18(17)14-21/h6-7,9-10,20H,4-5,8,11-16H2,1-3H3. The van der Waals surface area contributed by atoms with E-state index in [1.165, 1.54) is 44.3 Å². The van der Waals surface area contributed by atoms with E-state index in [2.05, 4.69) is 55.3 Å². The number of nitrogens with one attached hydrogen (secondary N) is 1. The van der Waals surface area contributed by atoms with Gasteiger partial charge < -0.3 is 5.32 Å². The SMILES string of the molecule is CCCNCC(C)(CC)CN1CCCc2ccccc2C1. The summed E-state index contributed by atoms with van der Waals surface area (Å²) in [6.45, 7) is 12.8. The van der Waals surface area contributed by atoms with Crippen molar-refractivity contribution in [3.63, 3.8) is 0 Å². The monoisotopic (exact) mass is 288 g/mol. The lowest BCUT2D eigenvalue weighted by Crippen LogP contribution is -2.42. The zero-order valence-electron chi connectivity index (χ0n) is 14.1. The molecule has 0 saturated heterocycles. The van der Waals surface area contributed by atoms with E-state index in [0.29, 0.717) is 5.41 Å². The number of rotatable bonds is 7. The lowest BCUT2D eigenvalue weighted by Gasteiger charge is -2.35. The molecular formula is C19H32N2. The van der Waals surface area contributed by atoms with E-state index in [9.17, 15) is 0 Å². The number of aryl methyl sites for hydroxylation is 1. The second-order valence-electron chi connectivity index (χ2n) is 6.92. The Hall–Kier alpha value is -0.860. The molecule has 2 heteroatoms. The minimum absolute atomic E-state index is 0.383. The van der Waals surface area contributed by atoms with E-state index in [1.807, 2.05) is 0 Å². The molecule has 0 spiro atoms. The highest BCUT2D eigenvalue weighted by Crippen LogP contribution is 2.25. The van der Waals surface area contributed by atoms with Crippen molar-refractivity contribution in [2.45, 2.75) is 53.0 Å². The maximum Gasteiger partial charge on any atom is 0.0236 e. The summed E-state index contributed by atoms with van der Waals surface area (Å²) in [5.74, 6) is 0. The molecule has 1 heterocycles. The molecule has 0 aliphatic carbocycles. The van der Waals surface area contributed by atoms with Crippen LogP contribution in [-0.2, 0) is 13.0 Å². The van der Waals surface area contributed by atoms with Gasteiger partial charge in [-0.25, -0.2) is 0 Å². The fraction of sp³-hybridized carbons (Fsp3) is 0.684. The van der Waals surface area contributed by atoms with Crippen molar-refractivity contribution in [1.29, 1.82) is 0 Å². The smallest absolute Gasteiger partial charge is 0.0236 e.